The molecule has 2 N–H and O–H groups in total. The monoisotopic (exact) mass is 266 g/mol. The molecule has 0 aliphatic heterocycles. The smallest absolute Gasteiger partial charge is 0.320 e. The number of aromatic nitrogens is 2. The van der Waals surface area contributed by atoms with E-state index in [2.05, 4.69) is 20.8 Å². The van der Waals surface area contributed by atoms with Gasteiger partial charge in [0.15, 0.2) is 0 Å². The van der Waals surface area contributed by atoms with Crippen molar-refractivity contribution in [3.63, 3.8) is 0 Å². The molecule has 0 radical (unpaired) electrons. The highest BCUT2D eigenvalue weighted by Crippen LogP contribution is 2.21. The average molecular weight is 266 g/mol. The van der Waals surface area contributed by atoms with Gasteiger partial charge in [-0.05, 0) is 25.0 Å². The van der Waals surface area contributed by atoms with Crippen LogP contribution in [0.1, 0.15) is 18.7 Å². The van der Waals surface area contributed by atoms with Crippen molar-refractivity contribution in [2.75, 3.05) is 5.32 Å². The molecule has 5 nitrogen and oxygen atoms in total. The van der Waals surface area contributed by atoms with E-state index in [1.165, 1.54) is 18.9 Å². The van der Waals surface area contributed by atoms with Crippen LogP contribution in [0.2, 0.25) is 0 Å². The van der Waals surface area contributed by atoms with Crippen LogP contribution >= 0.6 is 0 Å². The van der Waals surface area contributed by atoms with Crippen molar-refractivity contribution in [2.24, 2.45) is 0 Å². The first-order valence-electron chi connectivity index (χ1n) is 5.98. The van der Waals surface area contributed by atoms with Crippen LogP contribution in [0.25, 0.3) is 0 Å². The molecule has 100 valence electrons. The minimum absolute atomic E-state index is 0.0816. The maximum atomic E-state index is 13.4. The zero-order valence-corrected chi connectivity index (χ0v) is 9.99. The van der Waals surface area contributed by atoms with Crippen LogP contribution in [-0.4, -0.2) is 16.2 Å². The van der Waals surface area contributed by atoms with E-state index in [0.29, 0.717) is 18.5 Å². The molecular formula is C12H12F2N4O. The van der Waals surface area contributed by atoms with Gasteiger partial charge in [0, 0.05) is 12.1 Å². The van der Waals surface area contributed by atoms with Gasteiger partial charge in [0.05, 0.1) is 12.2 Å². The molecule has 0 atom stereocenters. The van der Waals surface area contributed by atoms with E-state index in [0.717, 1.165) is 12.1 Å². The van der Waals surface area contributed by atoms with Crippen molar-refractivity contribution < 1.29 is 13.2 Å². The second-order valence-electron chi connectivity index (χ2n) is 4.41. The van der Waals surface area contributed by atoms with E-state index < -0.39 is 11.6 Å². The molecule has 2 aromatic rings. The Morgan fingerprint density at radius 1 is 1.26 bits per heavy atom. The quantitative estimate of drug-likeness (QED) is 0.869. The van der Waals surface area contributed by atoms with Crippen molar-refractivity contribution in [2.45, 2.75) is 25.4 Å². The average Bonchev–Trinajstić information content (AvgIpc) is 3.10. The molecule has 0 spiro atoms. The SMILES string of the molecule is Fc1ccc(Nc2nnc(CNC3CC3)o2)c(F)c1. The number of hydrogen-bond acceptors (Lipinski definition) is 5. The maximum absolute atomic E-state index is 13.4. The lowest BCUT2D eigenvalue weighted by Crippen LogP contribution is -2.15. The zero-order chi connectivity index (χ0) is 13.2. The molecule has 1 heterocycles. The van der Waals surface area contributed by atoms with Gasteiger partial charge in [-0.2, -0.15) is 0 Å². The van der Waals surface area contributed by atoms with Gasteiger partial charge in [-0.3, -0.25) is 0 Å². The highest BCUT2D eigenvalue weighted by molar-refractivity contribution is 5.52. The van der Waals surface area contributed by atoms with Gasteiger partial charge in [-0.25, -0.2) is 8.78 Å². The highest BCUT2D eigenvalue weighted by Gasteiger charge is 2.21. The Hall–Kier alpha value is -2.02. The molecule has 19 heavy (non-hydrogen) atoms. The number of rotatable bonds is 5. The van der Waals surface area contributed by atoms with Gasteiger partial charge < -0.3 is 15.1 Å². The van der Waals surface area contributed by atoms with Gasteiger partial charge in [0.25, 0.3) is 0 Å². The molecular weight excluding hydrogens is 254 g/mol. The first-order valence-corrected chi connectivity index (χ1v) is 5.98. The summed E-state index contributed by atoms with van der Waals surface area (Å²) >= 11 is 0. The van der Waals surface area contributed by atoms with Gasteiger partial charge in [-0.1, -0.05) is 5.10 Å². The first-order chi connectivity index (χ1) is 9.20. The van der Waals surface area contributed by atoms with Crippen LogP contribution < -0.4 is 10.6 Å². The minimum atomic E-state index is -0.712. The van der Waals surface area contributed by atoms with E-state index in [1.807, 2.05) is 0 Å². The molecule has 1 aliphatic rings. The van der Waals surface area contributed by atoms with Gasteiger partial charge in [0.2, 0.25) is 5.89 Å². The maximum Gasteiger partial charge on any atom is 0.320 e. The van der Waals surface area contributed by atoms with Gasteiger partial charge in [-0.15, -0.1) is 5.10 Å². The number of halogens is 2. The van der Waals surface area contributed by atoms with Crippen LogP contribution in [0.15, 0.2) is 22.6 Å². The highest BCUT2D eigenvalue weighted by atomic mass is 19.1. The third-order valence-corrected chi connectivity index (χ3v) is 2.76. The summed E-state index contributed by atoms with van der Waals surface area (Å²) in [6.45, 7) is 0.491. The number of benzene rings is 1. The number of hydrogen-bond donors (Lipinski definition) is 2. The van der Waals surface area contributed by atoms with E-state index in [1.54, 1.807) is 0 Å². The van der Waals surface area contributed by atoms with E-state index in [9.17, 15) is 8.78 Å². The molecule has 0 amide bonds. The largest absolute Gasteiger partial charge is 0.406 e. The molecule has 1 fully saturated rings. The predicted octanol–water partition coefficient (Wildman–Crippen LogP) is 2.34. The second kappa shape index (κ2) is 4.93. The number of nitrogens with one attached hydrogen (secondary N) is 2. The molecule has 0 bridgehead atoms. The summed E-state index contributed by atoms with van der Waals surface area (Å²) in [6, 6.07) is 3.83. The summed E-state index contributed by atoms with van der Waals surface area (Å²) < 4.78 is 31.4. The van der Waals surface area contributed by atoms with E-state index in [4.69, 9.17) is 4.42 Å². The predicted molar refractivity (Wildman–Crippen MR) is 63.8 cm³/mol. The summed E-state index contributed by atoms with van der Waals surface area (Å²) in [7, 11) is 0. The second-order valence-corrected chi connectivity index (χ2v) is 4.41. The Morgan fingerprint density at radius 3 is 2.84 bits per heavy atom. The van der Waals surface area contributed by atoms with Crippen LogP contribution in [0.3, 0.4) is 0 Å². The summed E-state index contributed by atoms with van der Waals surface area (Å²) in [4.78, 5) is 0. The molecule has 1 aromatic heterocycles. The van der Waals surface area contributed by atoms with Crippen molar-refractivity contribution in [1.82, 2.24) is 15.5 Å². The lowest BCUT2D eigenvalue weighted by molar-refractivity contribution is 0.478. The van der Waals surface area contributed by atoms with Crippen LogP contribution in [0, 0.1) is 11.6 Å². The summed E-state index contributed by atoms with van der Waals surface area (Å²) in [5.41, 5.74) is 0.0896. The fourth-order valence-electron chi connectivity index (χ4n) is 1.60. The Kier molecular flexibility index (Phi) is 3.12. The minimum Gasteiger partial charge on any atom is -0.406 e. The Bertz CT molecular complexity index is 583. The standard InChI is InChI=1S/C12H12F2N4O/c13-7-1-4-10(9(14)5-7)16-12-18-17-11(19-12)6-15-8-2-3-8/h1,4-5,8,15H,2-3,6H2,(H,16,18). The van der Waals surface area contributed by atoms with Crippen molar-refractivity contribution >= 4 is 11.7 Å². The van der Waals surface area contributed by atoms with Crippen molar-refractivity contribution in [1.29, 1.82) is 0 Å². The summed E-state index contributed by atoms with van der Waals surface area (Å²) in [6.07, 6.45) is 2.33. The van der Waals surface area contributed by atoms with Crippen LogP contribution in [0.4, 0.5) is 20.5 Å². The number of nitrogens with zero attached hydrogens (tertiary/aromatic N) is 2. The lowest BCUT2D eigenvalue weighted by Gasteiger charge is -2.02. The molecule has 1 saturated carbocycles. The molecule has 1 aromatic carbocycles. The Morgan fingerprint density at radius 2 is 2.11 bits per heavy atom. The third kappa shape index (κ3) is 3.05. The van der Waals surface area contributed by atoms with Crippen molar-refractivity contribution in [3.8, 4) is 0 Å². The summed E-state index contributed by atoms with van der Waals surface area (Å²) in [5.74, 6) is -0.921. The summed E-state index contributed by atoms with van der Waals surface area (Å²) in [5, 5.41) is 13.4. The third-order valence-electron chi connectivity index (χ3n) is 2.76. The zero-order valence-electron chi connectivity index (χ0n) is 9.99. The lowest BCUT2D eigenvalue weighted by atomic mass is 10.3. The van der Waals surface area contributed by atoms with Gasteiger partial charge in [0.1, 0.15) is 11.6 Å². The van der Waals surface area contributed by atoms with Crippen LogP contribution in [0.5, 0.6) is 0 Å². The van der Waals surface area contributed by atoms with Gasteiger partial charge >= 0.3 is 6.01 Å². The fourth-order valence-corrected chi connectivity index (χ4v) is 1.60. The Labute approximate surface area is 108 Å². The molecule has 0 saturated heterocycles. The normalized spacial score (nSPS) is 14.6. The Balaban J connectivity index is 1.65. The number of anilines is 2. The van der Waals surface area contributed by atoms with E-state index >= 15 is 0 Å². The topological polar surface area (TPSA) is 63.0 Å². The van der Waals surface area contributed by atoms with Crippen LogP contribution in [-0.2, 0) is 6.54 Å². The van der Waals surface area contributed by atoms with E-state index in [-0.39, 0.29) is 11.7 Å². The van der Waals surface area contributed by atoms with Crippen molar-refractivity contribution in [3.05, 3.63) is 35.7 Å². The molecule has 3 rings (SSSR count). The fraction of sp³-hybridized carbons (Fsp3) is 0.333. The molecule has 1 aliphatic carbocycles. The first kappa shape index (κ1) is 12.0. The molecule has 0 unspecified atom stereocenters. The molecule has 7 heteroatoms.